The van der Waals surface area contributed by atoms with E-state index >= 15 is 0 Å². The zero-order chi connectivity index (χ0) is 12.1. The van der Waals surface area contributed by atoms with E-state index in [0.29, 0.717) is 0 Å². The molecular weight excluding hydrogens is 234 g/mol. The average molecular weight is 257 g/mol. The van der Waals surface area contributed by atoms with Crippen molar-refractivity contribution in [3.63, 3.8) is 0 Å². The van der Waals surface area contributed by atoms with E-state index < -0.39 is 17.8 Å². The molecule has 1 rings (SSSR count). The molecule has 0 aromatic heterocycles. The summed E-state index contributed by atoms with van der Waals surface area (Å²) in [7, 11) is -3.33. The molecule has 92 valence electrons. The molecule has 0 aromatic carbocycles. The zero-order valence-electron chi connectivity index (χ0n) is 10.7. The smallest absolute Gasteiger partial charge is 0.140 e. The Morgan fingerprint density at radius 2 is 1.62 bits per heavy atom. The van der Waals surface area contributed by atoms with Crippen molar-refractivity contribution in [2.24, 2.45) is 4.36 Å². The lowest BCUT2D eigenvalue weighted by Crippen LogP contribution is -2.29. The Balaban J connectivity index is 2.84. The average Bonchev–Trinajstić information content (AvgIpc) is 2.73. The Bertz CT molecular complexity index is 375. The summed E-state index contributed by atoms with van der Waals surface area (Å²) in [6, 6.07) is 6.48. The first kappa shape index (κ1) is 13.8. The summed E-state index contributed by atoms with van der Waals surface area (Å²) in [5.74, 6) is 1.53. The van der Waals surface area contributed by atoms with Gasteiger partial charge in [-0.05, 0) is 31.0 Å². The van der Waals surface area contributed by atoms with E-state index in [1.54, 1.807) is 0 Å². The van der Waals surface area contributed by atoms with Crippen molar-refractivity contribution < 1.29 is 4.21 Å². The molecule has 0 radical (unpaired) electrons. The lowest BCUT2D eigenvalue weighted by molar-refractivity contribution is 0.681. The molecule has 0 atom stereocenters. The fraction of sp³-hybridized carbons (Fsp3) is 0.833. The van der Waals surface area contributed by atoms with Crippen LogP contribution in [0.5, 0.6) is 0 Å². The summed E-state index contributed by atoms with van der Waals surface area (Å²) < 4.78 is 16.3. The lowest BCUT2D eigenvalue weighted by atomic mass is 10.4. The highest BCUT2D eigenvalue weighted by Crippen LogP contribution is 2.19. The number of hydrogen-bond donors (Lipinski definition) is 0. The quantitative estimate of drug-likeness (QED) is 0.564. The summed E-state index contributed by atoms with van der Waals surface area (Å²) in [5, 5.41) is 0. The molecule has 0 N–H and O–H groups in total. The van der Waals surface area contributed by atoms with E-state index in [0.717, 1.165) is 24.3 Å². The maximum atomic E-state index is 12.1. The molecule has 2 nitrogen and oxygen atoms in total. The molecule has 1 heterocycles. The normalized spacial score (nSPS) is 18.9. The lowest BCUT2D eigenvalue weighted by Gasteiger charge is -2.19. The number of nitrogens with zero attached hydrogens (tertiary/aromatic N) is 1. The van der Waals surface area contributed by atoms with Gasteiger partial charge >= 0.3 is 0 Å². The monoisotopic (exact) mass is 257 g/mol. The van der Waals surface area contributed by atoms with E-state index in [1.807, 2.05) is 0 Å². The van der Waals surface area contributed by atoms with Gasteiger partial charge in [0.2, 0.25) is 0 Å². The standard InChI is InChI=1S/C12H23NOSSi/c1-4-16(5-2,6-3)12-9-13-15(14)10-7-8-11-15/h4-8,10-11H2,1-3H3. The molecule has 0 aliphatic carbocycles. The molecule has 0 unspecified atom stereocenters. The van der Waals surface area contributed by atoms with Crippen LogP contribution in [-0.2, 0) is 9.73 Å². The van der Waals surface area contributed by atoms with Crippen LogP contribution in [0.1, 0.15) is 33.6 Å². The molecule has 0 bridgehead atoms. The maximum absolute atomic E-state index is 12.1. The van der Waals surface area contributed by atoms with Gasteiger partial charge in [0.05, 0.1) is 9.73 Å². The highest BCUT2D eigenvalue weighted by atomic mass is 32.2. The predicted octanol–water partition coefficient (Wildman–Crippen LogP) is 3.26. The van der Waals surface area contributed by atoms with Crippen molar-refractivity contribution in [1.29, 1.82) is 0 Å². The predicted molar refractivity (Wildman–Crippen MR) is 74.5 cm³/mol. The summed E-state index contributed by atoms with van der Waals surface area (Å²) in [4.78, 5) is 0. The number of rotatable bonds is 3. The third-order valence-corrected chi connectivity index (χ3v) is 10.7. The van der Waals surface area contributed by atoms with Crippen molar-refractivity contribution in [2.75, 3.05) is 11.5 Å². The molecule has 0 saturated carbocycles. The van der Waals surface area contributed by atoms with Gasteiger partial charge < -0.3 is 0 Å². The van der Waals surface area contributed by atoms with Gasteiger partial charge in [-0.25, -0.2) is 4.21 Å². The highest BCUT2D eigenvalue weighted by molar-refractivity contribution is 7.93. The summed E-state index contributed by atoms with van der Waals surface area (Å²) in [6.07, 6.45) is 2.11. The topological polar surface area (TPSA) is 29.4 Å². The van der Waals surface area contributed by atoms with Gasteiger partial charge in [-0.3, -0.25) is 0 Å². The molecule has 1 aliphatic heterocycles. The van der Waals surface area contributed by atoms with Gasteiger partial charge in [0.15, 0.2) is 0 Å². The van der Waals surface area contributed by atoms with Gasteiger partial charge in [0, 0.05) is 17.6 Å². The van der Waals surface area contributed by atoms with Crippen LogP contribution in [0.3, 0.4) is 0 Å². The first-order valence-electron chi connectivity index (χ1n) is 6.33. The maximum Gasteiger partial charge on any atom is 0.140 e. The van der Waals surface area contributed by atoms with Crippen molar-refractivity contribution in [1.82, 2.24) is 0 Å². The van der Waals surface area contributed by atoms with E-state index in [-0.39, 0.29) is 0 Å². The van der Waals surface area contributed by atoms with Gasteiger partial charge in [-0.15, -0.1) is 9.91 Å². The molecule has 4 heteroatoms. The van der Waals surface area contributed by atoms with Crippen LogP contribution in [0.4, 0.5) is 0 Å². The fourth-order valence-corrected chi connectivity index (χ4v) is 6.40. The Morgan fingerprint density at radius 1 is 1.12 bits per heavy atom. The third kappa shape index (κ3) is 3.36. The minimum Gasteiger partial charge on any atom is -0.249 e. The molecule has 0 aromatic rings. The largest absolute Gasteiger partial charge is 0.249 e. The Labute approximate surface area is 101 Å². The van der Waals surface area contributed by atoms with E-state index in [1.165, 1.54) is 18.1 Å². The van der Waals surface area contributed by atoms with Gasteiger partial charge in [0.1, 0.15) is 8.07 Å². The van der Waals surface area contributed by atoms with Crippen molar-refractivity contribution >= 4 is 17.8 Å². The molecule has 1 fully saturated rings. The van der Waals surface area contributed by atoms with Crippen LogP contribution in [0.2, 0.25) is 18.1 Å². The molecule has 0 spiro atoms. The van der Waals surface area contributed by atoms with Crippen LogP contribution in [-0.4, -0.2) is 23.8 Å². The van der Waals surface area contributed by atoms with Crippen LogP contribution in [0.15, 0.2) is 4.36 Å². The minimum atomic E-state index is -1.93. The van der Waals surface area contributed by atoms with Crippen LogP contribution in [0.25, 0.3) is 0 Å². The Morgan fingerprint density at radius 3 is 2.06 bits per heavy atom. The summed E-state index contributed by atoms with van der Waals surface area (Å²) in [6.45, 7) is 6.68. The Hall–Kier alpha value is -0.273. The van der Waals surface area contributed by atoms with Crippen LogP contribution < -0.4 is 0 Å². The second-order valence-corrected chi connectivity index (χ2v) is 12.0. The van der Waals surface area contributed by atoms with Crippen molar-refractivity contribution in [2.45, 2.75) is 51.7 Å². The molecule has 16 heavy (non-hydrogen) atoms. The molecular formula is C12H23NOSSi. The van der Waals surface area contributed by atoms with E-state index in [2.05, 4.69) is 36.7 Å². The first-order chi connectivity index (χ1) is 7.60. The SMILES string of the molecule is CC[Si](C#CN=S1(=O)CCCC1)(CC)CC. The summed E-state index contributed by atoms with van der Waals surface area (Å²) in [5.41, 5.74) is 3.38. The van der Waals surface area contributed by atoms with E-state index in [4.69, 9.17) is 0 Å². The van der Waals surface area contributed by atoms with E-state index in [9.17, 15) is 4.21 Å². The number of hydrogen-bond acceptors (Lipinski definition) is 2. The molecule has 1 saturated heterocycles. The first-order valence-corrected chi connectivity index (χ1v) is 10.8. The fourth-order valence-electron chi connectivity index (χ4n) is 2.09. The molecule has 1 aliphatic rings. The summed E-state index contributed by atoms with van der Waals surface area (Å²) >= 11 is 0. The zero-order valence-corrected chi connectivity index (χ0v) is 12.5. The Kier molecular flexibility index (Phi) is 5.07. The van der Waals surface area contributed by atoms with Gasteiger partial charge in [-0.1, -0.05) is 20.8 Å². The van der Waals surface area contributed by atoms with Crippen molar-refractivity contribution in [3.8, 4) is 11.6 Å². The minimum absolute atomic E-state index is 0.764. The molecule has 0 amide bonds. The van der Waals surface area contributed by atoms with Gasteiger partial charge in [-0.2, -0.15) is 0 Å². The van der Waals surface area contributed by atoms with Crippen molar-refractivity contribution in [3.05, 3.63) is 0 Å². The highest BCUT2D eigenvalue weighted by Gasteiger charge is 2.24. The second-order valence-electron chi connectivity index (χ2n) is 4.56. The van der Waals surface area contributed by atoms with Gasteiger partial charge in [0.25, 0.3) is 0 Å². The third-order valence-electron chi connectivity index (χ3n) is 3.74. The van der Waals surface area contributed by atoms with Crippen LogP contribution >= 0.6 is 0 Å². The van der Waals surface area contributed by atoms with Crippen LogP contribution in [0, 0.1) is 11.6 Å². The second kappa shape index (κ2) is 5.88.